The van der Waals surface area contributed by atoms with Crippen molar-refractivity contribution in [2.24, 2.45) is 11.3 Å². The summed E-state index contributed by atoms with van der Waals surface area (Å²) in [5, 5.41) is 12.5. The second-order valence-electron chi connectivity index (χ2n) is 9.55. The molecule has 1 fully saturated rings. The van der Waals surface area contributed by atoms with Crippen LogP contribution in [0.25, 0.3) is 0 Å². The molecule has 7 nitrogen and oxygen atoms in total. The molecule has 35 heavy (non-hydrogen) atoms. The molecular formula is C25H30Cl2N2O5S. The smallest absolute Gasteiger partial charge is 0.304 e. The summed E-state index contributed by atoms with van der Waals surface area (Å²) in [6, 6.07) is 10.1. The Kier molecular flexibility index (Phi) is 8.50. The lowest BCUT2D eigenvalue weighted by Crippen LogP contribution is -2.56. The highest BCUT2D eigenvalue weighted by atomic mass is 35.5. The van der Waals surface area contributed by atoms with Crippen LogP contribution < -0.4 is 5.32 Å². The van der Waals surface area contributed by atoms with Gasteiger partial charge in [0.15, 0.2) is 9.84 Å². The molecule has 1 saturated heterocycles. The van der Waals surface area contributed by atoms with Gasteiger partial charge in [-0.15, -0.1) is 0 Å². The number of carboxylic acid groups (broad SMARTS) is 1. The SMILES string of the molecule is CCS(=O)(=O)[C@@H](CC(C)[C@@H]1NC(=O)[C@](C)(CC(=O)O)C[C@@H]1c1cccc(Cl)c1)c1ccc(Cl)cn1. The molecule has 1 aliphatic heterocycles. The zero-order chi connectivity index (χ0) is 26.0. The predicted molar refractivity (Wildman–Crippen MR) is 136 cm³/mol. The van der Waals surface area contributed by atoms with Gasteiger partial charge in [0, 0.05) is 28.9 Å². The number of pyridine rings is 1. The molecule has 1 aliphatic rings. The number of carboxylic acids is 1. The number of carbonyl (C=O) groups excluding carboxylic acids is 1. The third-order valence-electron chi connectivity index (χ3n) is 6.88. The highest BCUT2D eigenvalue weighted by Gasteiger charge is 2.47. The molecule has 0 spiro atoms. The van der Waals surface area contributed by atoms with Crippen molar-refractivity contribution in [3.8, 4) is 0 Å². The predicted octanol–water partition coefficient (Wildman–Crippen LogP) is 5.04. The summed E-state index contributed by atoms with van der Waals surface area (Å²) in [5.41, 5.74) is 0.160. The van der Waals surface area contributed by atoms with E-state index >= 15 is 0 Å². The van der Waals surface area contributed by atoms with Crippen LogP contribution in [-0.2, 0) is 19.4 Å². The third kappa shape index (κ3) is 6.35. The number of sulfone groups is 1. The van der Waals surface area contributed by atoms with Gasteiger partial charge in [-0.05, 0) is 48.6 Å². The molecule has 1 unspecified atom stereocenters. The minimum absolute atomic E-state index is 0.0554. The fourth-order valence-electron chi connectivity index (χ4n) is 4.93. The average Bonchev–Trinajstić information content (AvgIpc) is 2.79. The lowest BCUT2D eigenvalue weighted by Gasteiger charge is -2.45. The molecule has 2 aromatic rings. The number of nitrogens with one attached hydrogen (secondary N) is 1. The topological polar surface area (TPSA) is 113 Å². The van der Waals surface area contributed by atoms with Gasteiger partial charge in [-0.25, -0.2) is 8.42 Å². The van der Waals surface area contributed by atoms with Crippen molar-refractivity contribution in [2.45, 2.75) is 57.2 Å². The van der Waals surface area contributed by atoms with Crippen LogP contribution in [0.5, 0.6) is 0 Å². The van der Waals surface area contributed by atoms with E-state index in [1.54, 1.807) is 32.0 Å². The van der Waals surface area contributed by atoms with E-state index in [1.807, 2.05) is 25.1 Å². The van der Waals surface area contributed by atoms with Crippen LogP contribution in [0.2, 0.25) is 10.0 Å². The van der Waals surface area contributed by atoms with Gasteiger partial charge in [0.05, 0.1) is 22.6 Å². The van der Waals surface area contributed by atoms with Gasteiger partial charge in [0.1, 0.15) is 5.25 Å². The summed E-state index contributed by atoms with van der Waals surface area (Å²) in [5.74, 6) is -1.99. The van der Waals surface area contributed by atoms with Gasteiger partial charge < -0.3 is 10.4 Å². The lowest BCUT2D eigenvalue weighted by atomic mass is 9.67. The van der Waals surface area contributed by atoms with Crippen molar-refractivity contribution in [2.75, 3.05) is 5.75 Å². The molecule has 0 radical (unpaired) electrons. The number of benzene rings is 1. The van der Waals surface area contributed by atoms with Crippen LogP contribution in [0.4, 0.5) is 0 Å². The minimum atomic E-state index is -3.52. The van der Waals surface area contributed by atoms with E-state index in [4.69, 9.17) is 23.2 Å². The van der Waals surface area contributed by atoms with E-state index in [2.05, 4.69) is 10.3 Å². The van der Waals surface area contributed by atoms with Crippen LogP contribution in [0, 0.1) is 11.3 Å². The monoisotopic (exact) mass is 540 g/mol. The maximum Gasteiger partial charge on any atom is 0.304 e. The Bertz CT molecular complexity index is 1190. The van der Waals surface area contributed by atoms with Crippen LogP contribution in [0.1, 0.15) is 62.5 Å². The standard InChI is InChI=1S/C25H30Cl2N2O5S/c1-4-35(33,34)21(20-9-8-18(27)14-28-20)10-15(2)23-19(16-6-5-7-17(26)11-16)12-25(3,13-22(30)31)24(32)29-23/h5-9,11,14-15,19,21,23H,4,10,12-13H2,1-3H3,(H,29,32)(H,30,31)/t15?,19-,21+,23+,25+/m1/s1. The number of amides is 1. The zero-order valence-corrected chi connectivity index (χ0v) is 22.2. The molecule has 2 heterocycles. The molecule has 5 atom stereocenters. The Labute approximate surface area is 216 Å². The maximum absolute atomic E-state index is 13.1. The molecule has 1 aromatic carbocycles. The number of piperidine rings is 1. The van der Waals surface area contributed by atoms with E-state index in [0.29, 0.717) is 22.2 Å². The molecule has 3 rings (SSSR count). The number of aliphatic carboxylic acids is 1. The molecule has 1 aromatic heterocycles. The Hall–Kier alpha value is -2.16. The Morgan fingerprint density at radius 1 is 1.26 bits per heavy atom. The summed E-state index contributed by atoms with van der Waals surface area (Å²) in [6.45, 7) is 5.14. The largest absolute Gasteiger partial charge is 0.481 e. The van der Waals surface area contributed by atoms with Crippen LogP contribution >= 0.6 is 23.2 Å². The van der Waals surface area contributed by atoms with Crippen molar-refractivity contribution < 1.29 is 23.1 Å². The molecule has 10 heteroatoms. The minimum Gasteiger partial charge on any atom is -0.481 e. The summed E-state index contributed by atoms with van der Waals surface area (Å²) >= 11 is 12.2. The summed E-state index contributed by atoms with van der Waals surface area (Å²) in [4.78, 5) is 28.9. The number of hydrogen-bond acceptors (Lipinski definition) is 5. The normalized spacial score (nSPS) is 24.4. The lowest BCUT2D eigenvalue weighted by molar-refractivity contribution is -0.147. The number of halogens is 2. The van der Waals surface area contributed by atoms with Crippen LogP contribution in [-0.4, -0.2) is 42.2 Å². The van der Waals surface area contributed by atoms with Crippen LogP contribution in [0.3, 0.4) is 0 Å². The molecular weight excluding hydrogens is 511 g/mol. The molecule has 2 N–H and O–H groups in total. The van der Waals surface area contributed by atoms with Crippen molar-refractivity contribution in [1.29, 1.82) is 0 Å². The maximum atomic E-state index is 13.1. The molecule has 190 valence electrons. The highest BCUT2D eigenvalue weighted by Crippen LogP contribution is 2.45. The van der Waals surface area contributed by atoms with Gasteiger partial charge in [-0.1, -0.05) is 56.1 Å². The van der Waals surface area contributed by atoms with E-state index in [-0.39, 0.29) is 36.3 Å². The zero-order valence-electron chi connectivity index (χ0n) is 19.9. The molecule has 1 amide bonds. The van der Waals surface area contributed by atoms with E-state index in [9.17, 15) is 23.1 Å². The number of rotatable bonds is 9. The average molecular weight is 541 g/mol. The fourth-order valence-corrected chi connectivity index (χ4v) is 6.75. The number of nitrogens with zero attached hydrogens (tertiary/aromatic N) is 1. The fraction of sp³-hybridized carbons (Fsp3) is 0.480. The van der Waals surface area contributed by atoms with Crippen molar-refractivity contribution in [3.63, 3.8) is 0 Å². The molecule has 0 saturated carbocycles. The first-order chi connectivity index (χ1) is 16.4. The quantitative estimate of drug-likeness (QED) is 0.460. The van der Waals surface area contributed by atoms with Crippen molar-refractivity contribution in [3.05, 3.63) is 63.9 Å². The van der Waals surface area contributed by atoms with Gasteiger partial charge in [0.25, 0.3) is 0 Å². The Morgan fingerprint density at radius 3 is 2.54 bits per heavy atom. The van der Waals surface area contributed by atoms with Gasteiger partial charge in [-0.3, -0.25) is 14.6 Å². The summed E-state index contributed by atoms with van der Waals surface area (Å²) < 4.78 is 26.1. The molecule has 0 aliphatic carbocycles. The van der Waals surface area contributed by atoms with Gasteiger partial charge in [0.2, 0.25) is 5.91 Å². The highest BCUT2D eigenvalue weighted by molar-refractivity contribution is 7.91. The van der Waals surface area contributed by atoms with E-state index in [0.717, 1.165) is 5.56 Å². The third-order valence-corrected chi connectivity index (χ3v) is 9.45. The number of aromatic nitrogens is 1. The Morgan fingerprint density at radius 2 is 1.97 bits per heavy atom. The second-order valence-corrected chi connectivity index (χ2v) is 12.9. The van der Waals surface area contributed by atoms with E-state index in [1.165, 1.54) is 6.20 Å². The first kappa shape index (κ1) is 27.4. The van der Waals surface area contributed by atoms with Crippen molar-refractivity contribution >= 4 is 44.9 Å². The van der Waals surface area contributed by atoms with Crippen LogP contribution in [0.15, 0.2) is 42.6 Å². The number of hydrogen-bond donors (Lipinski definition) is 2. The van der Waals surface area contributed by atoms with Crippen molar-refractivity contribution in [1.82, 2.24) is 10.3 Å². The first-order valence-corrected chi connectivity index (χ1v) is 13.9. The van der Waals surface area contributed by atoms with E-state index < -0.39 is 32.5 Å². The Balaban J connectivity index is 1.99. The number of carbonyl (C=O) groups is 2. The summed E-state index contributed by atoms with van der Waals surface area (Å²) in [6.07, 6.45) is 1.64. The van der Waals surface area contributed by atoms with Gasteiger partial charge in [-0.2, -0.15) is 0 Å². The first-order valence-electron chi connectivity index (χ1n) is 11.5. The second kappa shape index (κ2) is 10.8. The summed E-state index contributed by atoms with van der Waals surface area (Å²) in [7, 11) is -3.52. The molecule has 0 bridgehead atoms. The van der Waals surface area contributed by atoms with Gasteiger partial charge >= 0.3 is 5.97 Å².